The summed E-state index contributed by atoms with van der Waals surface area (Å²) in [5, 5.41) is 4.44. The highest BCUT2D eigenvalue weighted by molar-refractivity contribution is 7.14. The van der Waals surface area contributed by atoms with Gasteiger partial charge in [0, 0.05) is 17.6 Å². The normalized spacial score (nSPS) is 17.2. The van der Waals surface area contributed by atoms with Crippen LogP contribution in [0.5, 0.6) is 0 Å². The Balaban J connectivity index is 1.53. The van der Waals surface area contributed by atoms with Crippen molar-refractivity contribution in [2.75, 3.05) is 25.1 Å². The second-order valence-corrected chi connectivity index (χ2v) is 6.22. The fourth-order valence-corrected chi connectivity index (χ4v) is 3.09. The molecule has 1 atom stereocenters. The van der Waals surface area contributed by atoms with Crippen molar-refractivity contribution in [2.45, 2.75) is 18.9 Å². The van der Waals surface area contributed by atoms with E-state index in [0.717, 1.165) is 49.0 Å². The van der Waals surface area contributed by atoms with Crippen molar-refractivity contribution in [3.8, 4) is 11.3 Å². The monoisotopic (exact) mass is 354 g/mol. The number of rotatable bonds is 6. The molecule has 1 aliphatic rings. The van der Waals surface area contributed by atoms with Crippen molar-refractivity contribution in [1.29, 1.82) is 0 Å². The lowest BCUT2D eigenvalue weighted by Gasteiger charge is -2.09. The van der Waals surface area contributed by atoms with Gasteiger partial charge < -0.3 is 9.47 Å². The van der Waals surface area contributed by atoms with Gasteiger partial charge in [-0.2, -0.15) is 0 Å². The average Bonchev–Trinajstić information content (AvgIpc) is 3.21. The summed E-state index contributed by atoms with van der Waals surface area (Å²) in [7, 11) is 0. The van der Waals surface area contributed by atoms with E-state index in [4.69, 9.17) is 9.47 Å². The zero-order valence-corrected chi connectivity index (χ0v) is 13.6. The number of halogens is 2. The molecule has 3 rings (SSSR count). The van der Waals surface area contributed by atoms with Crippen molar-refractivity contribution in [2.24, 2.45) is 0 Å². The Bertz CT molecular complexity index is 717. The Labute approximate surface area is 141 Å². The maximum absolute atomic E-state index is 13.7. The third kappa shape index (κ3) is 4.34. The summed E-state index contributed by atoms with van der Waals surface area (Å²) in [5.74, 6) is -1.47. The van der Waals surface area contributed by atoms with E-state index in [9.17, 15) is 13.6 Å². The Kier molecular flexibility index (Phi) is 5.49. The summed E-state index contributed by atoms with van der Waals surface area (Å²) >= 11 is 1.13. The Morgan fingerprint density at radius 2 is 2.33 bits per heavy atom. The number of hydrogen-bond donors (Lipinski definition) is 1. The summed E-state index contributed by atoms with van der Waals surface area (Å²) in [6, 6.07) is 3.15. The number of carbonyl (C=O) groups is 1. The van der Waals surface area contributed by atoms with Crippen LogP contribution in [-0.4, -0.2) is 36.8 Å². The molecule has 1 aromatic carbocycles. The van der Waals surface area contributed by atoms with Crippen LogP contribution in [0.1, 0.15) is 12.8 Å². The summed E-state index contributed by atoms with van der Waals surface area (Å²) in [6.07, 6.45) is 2.01. The predicted octanol–water partition coefficient (Wildman–Crippen LogP) is 3.22. The fourth-order valence-electron chi connectivity index (χ4n) is 2.36. The van der Waals surface area contributed by atoms with E-state index in [2.05, 4.69) is 10.3 Å². The lowest BCUT2D eigenvalue weighted by Crippen LogP contribution is -2.22. The molecule has 0 radical (unpaired) electrons. The molecule has 0 spiro atoms. The molecule has 1 unspecified atom stereocenters. The van der Waals surface area contributed by atoms with Crippen LogP contribution in [0.4, 0.5) is 13.9 Å². The number of nitrogens with zero attached hydrogens (tertiary/aromatic N) is 1. The van der Waals surface area contributed by atoms with Gasteiger partial charge in [-0.1, -0.05) is 0 Å². The maximum Gasteiger partial charge on any atom is 0.252 e. The number of aromatic nitrogens is 1. The van der Waals surface area contributed by atoms with Gasteiger partial charge >= 0.3 is 0 Å². The molecule has 1 saturated heterocycles. The molecule has 1 aliphatic heterocycles. The first-order chi connectivity index (χ1) is 11.6. The third-order valence-corrected chi connectivity index (χ3v) is 4.27. The number of hydrogen-bond acceptors (Lipinski definition) is 5. The minimum Gasteiger partial charge on any atom is -0.376 e. The maximum atomic E-state index is 13.7. The SMILES string of the molecule is O=C(COCC1CCCO1)Nc1nc(-c2cc(F)ccc2F)cs1. The molecule has 0 saturated carbocycles. The molecule has 8 heteroatoms. The lowest BCUT2D eigenvalue weighted by atomic mass is 10.1. The predicted molar refractivity (Wildman–Crippen MR) is 85.9 cm³/mol. The number of amides is 1. The molecule has 0 aliphatic carbocycles. The second kappa shape index (κ2) is 7.78. The summed E-state index contributed by atoms with van der Waals surface area (Å²) in [4.78, 5) is 15.9. The van der Waals surface area contributed by atoms with Crippen molar-refractivity contribution in [3.63, 3.8) is 0 Å². The Morgan fingerprint density at radius 3 is 3.12 bits per heavy atom. The molecule has 1 fully saturated rings. The lowest BCUT2D eigenvalue weighted by molar-refractivity contribution is -0.121. The van der Waals surface area contributed by atoms with Crippen molar-refractivity contribution >= 4 is 22.4 Å². The van der Waals surface area contributed by atoms with Crippen LogP contribution < -0.4 is 5.32 Å². The van der Waals surface area contributed by atoms with E-state index in [1.807, 2.05) is 0 Å². The highest BCUT2D eigenvalue weighted by Gasteiger charge is 2.16. The Hall–Kier alpha value is -1.90. The summed E-state index contributed by atoms with van der Waals surface area (Å²) in [5.41, 5.74) is 0.328. The minimum absolute atomic E-state index is 0.0558. The van der Waals surface area contributed by atoms with Crippen LogP contribution in [-0.2, 0) is 14.3 Å². The van der Waals surface area contributed by atoms with Crippen LogP contribution in [0.25, 0.3) is 11.3 Å². The number of thiazole rings is 1. The molecule has 0 bridgehead atoms. The van der Waals surface area contributed by atoms with Gasteiger partial charge in [0.1, 0.15) is 18.2 Å². The van der Waals surface area contributed by atoms with Gasteiger partial charge in [0.25, 0.3) is 5.91 Å². The molecule has 128 valence electrons. The van der Waals surface area contributed by atoms with Gasteiger partial charge in [0.15, 0.2) is 5.13 Å². The zero-order chi connectivity index (χ0) is 16.9. The van der Waals surface area contributed by atoms with Gasteiger partial charge in [0.2, 0.25) is 0 Å². The van der Waals surface area contributed by atoms with E-state index in [-0.39, 0.29) is 29.9 Å². The molecule has 2 heterocycles. The van der Waals surface area contributed by atoms with Crippen LogP contribution in [0, 0.1) is 11.6 Å². The van der Waals surface area contributed by atoms with Crippen LogP contribution in [0.3, 0.4) is 0 Å². The van der Waals surface area contributed by atoms with Crippen LogP contribution in [0.2, 0.25) is 0 Å². The number of carbonyl (C=O) groups excluding carboxylic acids is 1. The Morgan fingerprint density at radius 1 is 1.46 bits per heavy atom. The van der Waals surface area contributed by atoms with Crippen LogP contribution >= 0.6 is 11.3 Å². The molecule has 2 aromatic rings. The summed E-state index contributed by atoms with van der Waals surface area (Å²) in [6.45, 7) is 1.01. The van der Waals surface area contributed by atoms with Gasteiger partial charge in [0.05, 0.1) is 18.4 Å². The molecule has 1 N–H and O–H groups in total. The second-order valence-electron chi connectivity index (χ2n) is 5.36. The van der Waals surface area contributed by atoms with E-state index in [1.165, 1.54) is 0 Å². The van der Waals surface area contributed by atoms with Crippen molar-refractivity contribution in [3.05, 3.63) is 35.2 Å². The molecule has 5 nitrogen and oxygen atoms in total. The molecule has 24 heavy (non-hydrogen) atoms. The van der Waals surface area contributed by atoms with E-state index >= 15 is 0 Å². The highest BCUT2D eigenvalue weighted by atomic mass is 32.1. The quantitative estimate of drug-likeness (QED) is 0.865. The highest BCUT2D eigenvalue weighted by Crippen LogP contribution is 2.27. The fraction of sp³-hybridized carbons (Fsp3) is 0.375. The molecular weight excluding hydrogens is 338 g/mol. The topological polar surface area (TPSA) is 60.5 Å². The number of ether oxygens (including phenoxy) is 2. The van der Waals surface area contributed by atoms with Gasteiger partial charge in [-0.25, -0.2) is 13.8 Å². The van der Waals surface area contributed by atoms with Gasteiger partial charge in [-0.05, 0) is 31.0 Å². The first-order valence-corrected chi connectivity index (χ1v) is 8.40. The molecular formula is C16H16F2N2O3S. The number of benzene rings is 1. The third-order valence-electron chi connectivity index (χ3n) is 3.52. The average molecular weight is 354 g/mol. The number of nitrogens with one attached hydrogen (secondary N) is 1. The minimum atomic E-state index is -0.570. The van der Waals surface area contributed by atoms with E-state index < -0.39 is 11.6 Å². The number of anilines is 1. The zero-order valence-electron chi connectivity index (χ0n) is 12.8. The molecule has 1 amide bonds. The van der Waals surface area contributed by atoms with Gasteiger partial charge in [-0.15, -0.1) is 11.3 Å². The first-order valence-electron chi connectivity index (χ1n) is 7.52. The van der Waals surface area contributed by atoms with E-state index in [1.54, 1.807) is 5.38 Å². The van der Waals surface area contributed by atoms with Crippen molar-refractivity contribution in [1.82, 2.24) is 4.98 Å². The van der Waals surface area contributed by atoms with Crippen LogP contribution in [0.15, 0.2) is 23.6 Å². The largest absolute Gasteiger partial charge is 0.376 e. The van der Waals surface area contributed by atoms with Crippen molar-refractivity contribution < 1.29 is 23.0 Å². The smallest absolute Gasteiger partial charge is 0.252 e. The standard InChI is InChI=1S/C16H16F2N2O3S/c17-10-3-4-13(18)12(6-10)14-9-24-16(19-14)20-15(21)8-22-7-11-2-1-5-23-11/h3-4,6,9,11H,1-2,5,7-8H2,(H,19,20,21). The summed E-state index contributed by atoms with van der Waals surface area (Å²) < 4.78 is 37.7. The van der Waals surface area contributed by atoms with Gasteiger partial charge in [-0.3, -0.25) is 10.1 Å². The van der Waals surface area contributed by atoms with E-state index in [0.29, 0.717) is 11.7 Å². The first kappa shape index (κ1) is 16.9. The molecule has 1 aromatic heterocycles.